The van der Waals surface area contributed by atoms with Crippen molar-refractivity contribution in [2.75, 3.05) is 13.1 Å². The third kappa shape index (κ3) is 3.56. The molecular weight excluding hydrogens is 232 g/mol. The molecule has 0 aliphatic heterocycles. The maximum absolute atomic E-state index is 10.3. The lowest BCUT2D eigenvalue weighted by Gasteiger charge is -2.03. The summed E-state index contributed by atoms with van der Waals surface area (Å²) in [5.41, 5.74) is 2.86. The third-order valence-electron chi connectivity index (χ3n) is 2.73. The monoisotopic (exact) mass is 248 g/mol. The van der Waals surface area contributed by atoms with Gasteiger partial charge in [-0.25, -0.2) is 4.98 Å². The summed E-state index contributed by atoms with van der Waals surface area (Å²) in [5.74, 6) is -0.743. The van der Waals surface area contributed by atoms with Crippen LogP contribution in [0.5, 0.6) is 0 Å². The van der Waals surface area contributed by atoms with Crippen LogP contribution in [0.4, 0.5) is 0 Å². The summed E-state index contributed by atoms with van der Waals surface area (Å²) in [7, 11) is 0. The van der Waals surface area contributed by atoms with Gasteiger partial charge in [0.05, 0.1) is 0 Å². The van der Waals surface area contributed by atoms with E-state index in [0.717, 1.165) is 30.6 Å². The van der Waals surface area contributed by atoms with Crippen LogP contribution in [0.2, 0.25) is 0 Å². The van der Waals surface area contributed by atoms with Gasteiger partial charge in [-0.2, -0.15) is 0 Å². The summed E-state index contributed by atoms with van der Waals surface area (Å²) in [4.78, 5) is 14.4. The van der Waals surface area contributed by atoms with Gasteiger partial charge in [0.15, 0.2) is 12.0 Å². The Hall–Kier alpha value is -1.88. The second kappa shape index (κ2) is 6.16. The zero-order valence-corrected chi connectivity index (χ0v) is 10.1. The van der Waals surface area contributed by atoms with Gasteiger partial charge in [0.25, 0.3) is 0 Å². The largest absolute Gasteiger partial charge is 0.481 e. The molecule has 0 saturated heterocycles. The summed E-state index contributed by atoms with van der Waals surface area (Å²) in [6, 6.07) is 5.96. The highest BCUT2D eigenvalue weighted by atomic mass is 16.4. The topological polar surface area (TPSA) is 75.4 Å². The highest BCUT2D eigenvalue weighted by Gasteiger charge is 2.00. The standard InChI is InChI=1S/C13H16N2O3/c16-13(17)2-1-6-14-7-5-10-3-4-11-12(8-10)18-9-15-11/h3-4,8-9,14H,1-2,5-7H2,(H,16,17). The van der Waals surface area contributed by atoms with E-state index >= 15 is 0 Å². The molecule has 1 heterocycles. The Bertz CT molecular complexity index is 522. The molecule has 0 spiro atoms. The molecule has 0 aliphatic carbocycles. The SMILES string of the molecule is O=C(O)CCCNCCc1ccc2ncoc2c1. The average Bonchev–Trinajstić information content (AvgIpc) is 2.80. The van der Waals surface area contributed by atoms with E-state index in [0.29, 0.717) is 6.42 Å². The van der Waals surface area contributed by atoms with Crippen molar-refractivity contribution in [1.82, 2.24) is 10.3 Å². The van der Waals surface area contributed by atoms with Crippen molar-refractivity contribution in [1.29, 1.82) is 0 Å². The summed E-state index contributed by atoms with van der Waals surface area (Å²) in [6.45, 7) is 1.57. The second-order valence-corrected chi connectivity index (χ2v) is 4.15. The van der Waals surface area contributed by atoms with Gasteiger partial charge in [-0.3, -0.25) is 4.79 Å². The van der Waals surface area contributed by atoms with Gasteiger partial charge < -0.3 is 14.8 Å². The molecule has 0 bridgehead atoms. The van der Waals surface area contributed by atoms with Crippen molar-refractivity contribution in [3.8, 4) is 0 Å². The zero-order chi connectivity index (χ0) is 12.8. The molecule has 0 fully saturated rings. The molecule has 0 unspecified atom stereocenters. The fourth-order valence-corrected chi connectivity index (χ4v) is 1.78. The minimum Gasteiger partial charge on any atom is -0.481 e. The first-order chi connectivity index (χ1) is 8.75. The smallest absolute Gasteiger partial charge is 0.303 e. The summed E-state index contributed by atoms with van der Waals surface area (Å²) < 4.78 is 5.23. The van der Waals surface area contributed by atoms with Crippen LogP contribution in [0.1, 0.15) is 18.4 Å². The van der Waals surface area contributed by atoms with E-state index in [1.54, 1.807) is 0 Å². The van der Waals surface area contributed by atoms with Crippen LogP contribution in [0, 0.1) is 0 Å². The lowest BCUT2D eigenvalue weighted by atomic mass is 10.1. The van der Waals surface area contributed by atoms with E-state index in [-0.39, 0.29) is 6.42 Å². The molecule has 2 aromatic rings. The van der Waals surface area contributed by atoms with Crippen molar-refractivity contribution in [3.63, 3.8) is 0 Å². The van der Waals surface area contributed by atoms with Gasteiger partial charge >= 0.3 is 5.97 Å². The third-order valence-corrected chi connectivity index (χ3v) is 2.73. The molecule has 2 rings (SSSR count). The molecule has 0 radical (unpaired) electrons. The van der Waals surface area contributed by atoms with Crippen LogP contribution < -0.4 is 5.32 Å². The van der Waals surface area contributed by atoms with Crippen LogP contribution in [-0.4, -0.2) is 29.1 Å². The number of carboxylic acid groups (broad SMARTS) is 1. The van der Waals surface area contributed by atoms with Crippen LogP contribution in [0.25, 0.3) is 11.1 Å². The van der Waals surface area contributed by atoms with Gasteiger partial charge in [-0.1, -0.05) is 6.07 Å². The molecular formula is C13H16N2O3. The molecule has 0 aliphatic rings. The Morgan fingerprint density at radius 1 is 1.39 bits per heavy atom. The number of aliphatic carboxylic acids is 1. The average molecular weight is 248 g/mol. The van der Waals surface area contributed by atoms with E-state index in [1.165, 1.54) is 12.0 Å². The van der Waals surface area contributed by atoms with Crippen LogP contribution in [0.3, 0.4) is 0 Å². The van der Waals surface area contributed by atoms with Crippen LogP contribution in [0.15, 0.2) is 29.0 Å². The second-order valence-electron chi connectivity index (χ2n) is 4.15. The Morgan fingerprint density at radius 3 is 3.11 bits per heavy atom. The molecule has 1 aromatic heterocycles. The molecule has 5 heteroatoms. The number of fused-ring (bicyclic) bond motifs is 1. The fraction of sp³-hybridized carbons (Fsp3) is 0.385. The van der Waals surface area contributed by atoms with Crippen LogP contribution in [-0.2, 0) is 11.2 Å². The first-order valence-electron chi connectivity index (χ1n) is 6.00. The zero-order valence-electron chi connectivity index (χ0n) is 10.1. The van der Waals surface area contributed by atoms with Gasteiger partial charge in [-0.15, -0.1) is 0 Å². The van der Waals surface area contributed by atoms with Gasteiger partial charge in [0, 0.05) is 6.42 Å². The highest BCUT2D eigenvalue weighted by Crippen LogP contribution is 2.14. The number of nitrogens with zero attached hydrogens (tertiary/aromatic N) is 1. The number of carbonyl (C=O) groups is 1. The van der Waals surface area contributed by atoms with Crippen LogP contribution >= 0.6 is 0 Å². The maximum atomic E-state index is 10.3. The van der Waals surface area contributed by atoms with Crippen molar-refractivity contribution in [2.24, 2.45) is 0 Å². The number of rotatable bonds is 7. The first-order valence-corrected chi connectivity index (χ1v) is 6.00. The molecule has 18 heavy (non-hydrogen) atoms. The van der Waals surface area contributed by atoms with E-state index in [1.807, 2.05) is 18.2 Å². The lowest BCUT2D eigenvalue weighted by Crippen LogP contribution is -2.19. The van der Waals surface area contributed by atoms with Gasteiger partial charge in [0.1, 0.15) is 5.52 Å². The number of aromatic nitrogens is 1. The fourth-order valence-electron chi connectivity index (χ4n) is 1.78. The molecule has 2 N–H and O–H groups in total. The number of hydrogen-bond acceptors (Lipinski definition) is 4. The van der Waals surface area contributed by atoms with Gasteiger partial charge in [0.2, 0.25) is 0 Å². The first kappa shape index (κ1) is 12.6. The van der Waals surface area contributed by atoms with E-state index in [9.17, 15) is 4.79 Å². The minimum absolute atomic E-state index is 0.219. The van der Waals surface area contributed by atoms with Crippen molar-refractivity contribution < 1.29 is 14.3 Å². The summed E-state index contributed by atoms with van der Waals surface area (Å²) in [5, 5.41) is 11.7. The molecule has 96 valence electrons. The normalized spacial score (nSPS) is 10.9. The number of benzene rings is 1. The highest BCUT2D eigenvalue weighted by molar-refractivity contribution is 5.72. The minimum atomic E-state index is -0.743. The predicted octanol–water partition coefficient (Wildman–Crippen LogP) is 1.82. The quantitative estimate of drug-likeness (QED) is 0.731. The van der Waals surface area contributed by atoms with Crippen molar-refractivity contribution in [2.45, 2.75) is 19.3 Å². The molecule has 1 aromatic carbocycles. The van der Waals surface area contributed by atoms with E-state index in [4.69, 9.17) is 9.52 Å². The summed E-state index contributed by atoms with van der Waals surface area (Å²) >= 11 is 0. The number of nitrogens with one attached hydrogen (secondary N) is 1. The molecule has 5 nitrogen and oxygen atoms in total. The number of hydrogen-bond donors (Lipinski definition) is 2. The van der Waals surface area contributed by atoms with E-state index in [2.05, 4.69) is 10.3 Å². The Kier molecular flexibility index (Phi) is 4.30. The Labute approximate surface area is 105 Å². The number of carboxylic acids is 1. The Morgan fingerprint density at radius 2 is 2.28 bits per heavy atom. The number of oxazole rings is 1. The maximum Gasteiger partial charge on any atom is 0.303 e. The lowest BCUT2D eigenvalue weighted by molar-refractivity contribution is -0.137. The summed E-state index contributed by atoms with van der Waals surface area (Å²) in [6.07, 6.45) is 3.22. The van der Waals surface area contributed by atoms with Crippen molar-refractivity contribution in [3.05, 3.63) is 30.2 Å². The van der Waals surface area contributed by atoms with Crippen molar-refractivity contribution >= 4 is 17.1 Å². The Balaban J connectivity index is 1.71. The predicted molar refractivity (Wildman–Crippen MR) is 67.5 cm³/mol. The molecule has 0 amide bonds. The molecule has 0 saturated carbocycles. The molecule has 0 atom stereocenters. The van der Waals surface area contributed by atoms with E-state index < -0.39 is 5.97 Å². The van der Waals surface area contributed by atoms with Gasteiger partial charge in [-0.05, 0) is 43.6 Å².